The lowest BCUT2D eigenvalue weighted by Gasteiger charge is -2.42. The number of amides is 1. The Balaban J connectivity index is 1.61. The Labute approximate surface area is 149 Å². The molecule has 0 bridgehead atoms. The molecule has 1 saturated carbocycles. The first-order valence-electron chi connectivity index (χ1n) is 9.14. The quantitative estimate of drug-likeness (QED) is 0.876. The van der Waals surface area contributed by atoms with Crippen LogP contribution in [0.5, 0.6) is 0 Å². The van der Waals surface area contributed by atoms with Crippen LogP contribution in [-0.2, 0) is 11.3 Å². The number of nitriles is 1. The van der Waals surface area contributed by atoms with E-state index in [0.717, 1.165) is 32.2 Å². The van der Waals surface area contributed by atoms with Crippen molar-refractivity contribution in [1.29, 1.82) is 5.26 Å². The van der Waals surface area contributed by atoms with Gasteiger partial charge >= 0.3 is 0 Å². The summed E-state index contributed by atoms with van der Waals surface area (Å²) in [7, 11) is 0. The first-order chi connectivity index (χ1) is 11.9. The van der Waals surface area contributed by atoms with E-state index in [1.165, 1.54) is 0 Å². The molecule has 3 rings (SSSR count). The number of hydrogen-bond donors (Lipinski definition) is 1. The van der Waals surface area contributed by atoms with Gasteiger partial charge in [-0.25, -0.2) is 4.98 Å². The first kappa shape index (κ1) is 17.9. The normalized spacial score (nSPS) is 31.2. The van der Waals surface area contributed by atoms with Crippen LogP contribution in [0.2, 0.25) is 0 Å². The van der Waals surface area contributed by atoms with E-state index in [1.807, 2.05) is 4.68 Å². The van der Waals surface area contributed by atoms with Crippen LogP contribution in [-0.4, -0.2) is 50.2 Å². The standard InChI is InChI=1S/C18H28N6O/c1-17(2)14(11-23-13-20-12-22-23)6-7-18(17,3)21-10-16(25)24-8-4-5-15(24)9-19/h12-15,21H,4-8,10-11H2,1-3H3. The summed E-state index contributed by atoms with van der Waals surface area (Å²) in [5.41, 5.74) is -0.0886. The Morgan fingerprint density at radius 1 is 1.40 bits per heavy atom. The highest BCUT2D eigenvalue weighted by Gasteiger charge is 2.51. The number of hydrogen-bond acceptors (Lipinski definition) is 5. The van der Waals surface area contributed by atoms with E-state index in [1.54, 1.807) is 17.6 Å². The Morgan fingerprint density at radius 2 is 2.20 bits per heavy atom. The predicted molar refractivity (Wildman–Crippen MR) is 93.3 cm³/mol. The molecule has 2 aliphatic rings. The molecule has 7 nitrogen and oxygen atoms in total. The Morgan fingerprint density at radius 3 is 2.88 bits per heavy atom. The maximum absolute atomic E-state index is 12.6. The zero-order valence-corrected chi connectivity index (χ0v) is 15.4. The third kappa shape index (κ3) is 3.28. The smallest absolute Gasteiger partial charge is 0.237 e. The molecule has 1 aromatic heterocycles. The lowest BCUT2D eigenvalue weighted by atomic mass is 9.71. The topological polar surface area (TPSA) is 86.8 Å². The highest BCUT2D eigenvalue weighted by Crippen LogP contribution is 2.50. The summed E-state index contributed by atoms with van der Waals surface area (Å²) in [4.78, 5) is 18.3. The highest BCUT2D eigenvalue weighted by atomic mass is 16.2. The fourth-order valence-electron chi connectivity index (χ4n) is 4.36. The molecule has 1 amide bonds. The minimum atomic E-state index is -0.251. The van der Waals surface area contributed by atoms with Gasteiger partial charge in [0.15, 0.2) is 0 Å². The van der Waals surface area contributed by atoms with Crippen LogP contribution < -0.4 is 5.32 Å². The average Bonchev–Trinajstić information content (AvgIpc) is 3.30. The second-order valence-electron chi connectivity index (χ2n) is 8.13. The van der Waals surface area contributed by atoms with Gasteiger partial charge in [-0.2, -0.15) is 10.4 Å². The average molecular weight is 344 g/mol. The first-order valence-corrected chi connectivity index (χ1v) is 9.14. The Bertz CT molecular complexity index is 649. The molecule has 0 aromatic carbocycles. The van der Waals surface area contributed by atoms with Gasteiger partial charge in [0, 0.05) is 18.6 Å². The number of likely N-dealkylation sites (tertiary alicyclic amines) is 1. The van der Waals surface area contributed by atoms with Gasteiger partial charge in [-0.3, -0.25) is 9.48 Å². The van der Waals surface area contributed by atoms with Crippen molar-refractivity contribution >= 4 is 5.91 Å². The van der Waals surface area contributed by atoms with Crippen molar-refractivity contribution < 1.29 is 4.79 Å². The van der Waals surface area contributed by atoms with Gasteiger partial charge in [0.2, 0.25) is 5.91 Å². The van der Waals surface area contributed by atoms with Crippen molar-refractivity contribution in [1.82, 2.24) is 25.0 Å². The van der Waals surface area contributed by atoms with E-state index in [0.29, 0.717) is 19.0 Å². The molecule has 1 aromatic rings. The number of carbonyl (C=O) groups excluding carboxylic acids is 1. The zero-order valence-electron chi connectivity index (χ0n) is 15.4. The van der Waals surface area contributed by atoms with E-state index in [9.17, 15) is 10.1 Å². The second-order valence-corrected chi connectivity index (χ2v) is 8.13. The van der Waals surface area contributed by atoms with Crippen LogP contribution in [0.15, 0.2) is 12.7 Å². The maximum atomic E-state index is 12.6. The molecule has 0 radical (unpaired) electrons. The minimum absolute atomic E-state index is 0.0267. The summed E-state index contributed by atoms with van der Waals surface area (Å²) in [5.74, 6) is 0.515. The molecule has 1 aliphatic heterocycles. The summed E-state index contributed by atoms with van der Waals surface area (Å²) in [6.45, 7) is 8.61. The zero-order chi connectivity index (χ0) is 18.1. The highest BCUT2D eigenvalue weighted by molar-refractivity contribution is 5.79. The van der Waals surface area contributed by atoms with Gasteiger partial charge in [0.05, 0.1) is 12.6 Å². The van der Waals surface area contributed by atoms with Gasteiger partial charge in [0.1, 0.15) is 18.7 Å². The molecule has 2 fully saturated rings. The number of carbonyl (C=O) groups is 1. The molecule has 7 heteroatoms. The van der Waals surface area contributed by atoms with Crippen LogP contribution in [0.1, 0.15) is 46.5 Å². The molecule has 0 spiro atoms. The van der Waals surface area contributed by atoms with Gasteiger partial charge in [-0.15, -0.1) is 0 Å². The lowest BCUT2D eigenvalue weighted by molar-refractivity contribution is -0.130. The van der Waals surface area contributed by atoms with E-state index >= 15 is 0 Å². The molecule has 1 N–H and O–H groups in total. The van der Waals surface area contributed by atoms with Crippen molar-refractivity contribution in [3.8, 4) is 6.07 Å². The largest absolute Gasteiger partial charge is 0.326 e. The predicted octanol–water partition coefficient (Wildman–Crippen LogP) is 1.58. The molecule has 1 aliphatic carbocycles. The lowest BCUT2D eigenvalue weighted by Crippen LogP contribution is -2.55. The number of rotatable bonds is 5. The van der Waals surface area contributed by atoms with E-state index in [2.05, 4.69) is 42.2 Å². The molecule has 25 heavy (non-hydrogen) atoms. The summed E-state index contributed by atoms with van der Waals surface area (Å²) in [6.07, 6.45) is 7.17. The van der Waals surface area contributed by atoms with E-state index in [-0.39, 0.29) is 22.9 Å². The third-order valence-corrected chi connectivity index (χ3v) is 6.66. The van der Waals surface area contributed by atoms with Crippen molar-refractivity contribution in [2.75, 3.05) is 13.1 Å². The van der Waals surface area contributed by atoms with Gasteiger partial charge < -0.3 is 10.2 Å². The third-order valence-electron chi connectivity index (χ3n) is 6.66. The fraction of sp³-hybridized carbons (Fsp3) is 0.778. The number of nitrogens with one attached hydrogen (secondary N) is 1. The Hall–Kier alpha value is -1.94. The van der Waals surface area contributed by atoms with Crippen LogP contribution in [0.25, 0.3) is 0 Å². The molecule has 3 unspecified atom stereocenters. The van der Waals surface area contributed by atoms with E-state index < -0.39 is 0 Å². The van der Waals surface area contributed by atoms with E-state index in [4.69, 9.17) is 0 Å². The molecule has 3 atom stereocenters. The van der Waals surface area contributed by atoms with Crippen molar-refractivity contribution in [3.05, 3.63) is 12.7 Å². The number of nitrogens with zero attached hydrogens (tertiary/aromatic N) is 5. The van der Waals surface area contributed by atoms with Crippen LogP contribution in [0.4, 0.5) is 0 Å². The van der Waals surface area contributed by atoms with Crippen LogP contribution >= 0.6 is 0 Å². The molecule has 1 saturated heterocycles. The van der Waals surface area contributed by atoms with Gasteiger partial charge in [-0.05, 0) is 43.9 Å². The summed E-state index contributed by atoms with van der Waals surface area (Å²) < 4.78 is 1.89. The molecule has 136 valence electrons. The van der Waals surface area contributed by atoms with Gasteiger partial charge in [-0.1, -0.05) is 13.8 Å². The van der Waals surface area contributed by atoms with Crippen LogP contribution in [0, 0.1) is 22.7 Å². The molecular weight excluding hydrogens is 316 g/mol. The minimum Gasteiger partial charge on any atom is -0.326 e. The summed E-state index contributed by atoms with van der Waals surface area (Å²) in [6, 6.07) is 1.99. The molecule has 2 heterocycles. The summed E-state index contributed by atoms with van der Waals surface area (Å²) >= 11 is 0. The SMILES string of the molecule is CC1(NCC(=O)N2CCCC2C#N)CCC(Cn2cncn2)C1(C)C. The Kier molecular flexibility index (Phi) is 4.83. The maximum Gasteiger partial charge on any atom is 0.237 e. The van der Waals surface area contributed by atoms with Crippen molar-refractivity contribution in [3.63, 3.8) is 0 Å². The molecular formula is C18H28N6O. The van der Waals surface area contributed by atoms with Gasteiger partial charge in [0.25, 0.3) is 0 Å². The van der Waals surface area contributed by atoms with Crippen LogP contribution in [0.3, 0.4) is 0 Å². The number of aromatic nitrogens is 3. The summed E-state index contributed by atoms with van der Waals surface area (Å²) in [5, 5.41) is 16.9. The fourth-order valence-corrected chi connectivity index (χ4v) is 4.36. The van der Waals surface area contributed by atoms with Crippen molar-refractivity contribution in [2.24, 2.45) is 11.3 Å². The second kappa shape index (κ2) is 6.75. The van der Waals surface area contributed by atoms with Crippen molar-refractivity contribution in [2.45, 2.75) is 64.6 Å². The monoisotopic (exact) mass is 344 g/mol.